The number of hydrogen-bond acceptors (Lipinski definition) is 5. The van der Waals surface area contributed by atoms with E-state index in [-0.39, 0.29) is 17.2 Å². The normalized spacial score (nSPS) is 11.1. The van der Waals surface area contributed by atoms with E-state index >= 15 is 0 Å². The van der Waals surface area contributed by atoms with Crippen molar-refractivity contribution in [3.8, 4) is 17.3 Å². The van der Waals surface area contributed by atoms with Crippen LogP contribution in [0.15, 0.2) is 48.7 Å². The Morgan fingerprint density at radius 2 is 1.81 bits per heavy atom. The number of aromatic nitrogens is 2. The molecule has 27 heavy (non-hydrogen) atoms. The molecule has 0 saturated heterocycles. The Morgan fingerprint density at radius 3 is 2.41 bits per heavy atom. The zero-order valence-corrected chi connectivity index (χ0v) is 14.8. The molecule has 0 radical (unpaired) electrons. The largest absolute Gasteiger partial charge is 0.322 e. The molecule has 0 aliphatic carbocycles. The van der Waals surface area contributed by atoms with Gasteiger partial charge in [-0.05, 0) is 31.5 Å². The van der Waals surface area contributed by atoms with E-state index < -0.39 is 17.2 Å². The minimum Gasteiger partial charge on any atom is -0.322 e. The van der Waals surface area contributed by atoms with Crippen LogP contribution < -0.4 is 11.1 Å². The molecule has 0 aliphatic heterocycles. The van der Waals surface area contributed by atoms with Crippen LogP contribution in [0, 0.1) is 23.0 Å². The molecule has 0 saturated carbocycles. The van der Waals surface area contributed by atoms with Crippen molar-refractivity contribution in [2.45, 2.75) is 19.4 Å². The fourth-order valence-electron chi connectivity index (χ4n) is 2.51. The lowest BCUT2D eigenvalue weighted by Crippen LogP contribution is -2.28. The molecule has 3 rings (SSSR count). The van der Waals surface area contributed by atoms with Gasteiger partial charge in [-0.3, -0.25) is 0 Å². The molecule has 0 unspecified atom stereocenters. The first-order chi connectivity index (χ1) is 12.8. The van der Waals surface area contributed by atoms with Gasteiger partial charge in [0.05, 0.1) is 23.1 Å². The highest BCUT2D eigenvalue weighted by Crippen LogP contribution is 2.26. The summed E-state index contributed by atoms with van der Waals surface area (Å²) in [6.45, 7) is 3.79. The number of halogens is 2. The van der Waals surface area contributed by atoms with Crippen molar-refractivity contribution >= 4 is 11.6 Å². The molecule has 1 aromatic heterocycles. The topological polar surface area (TPSA) is 87.6 Å². The van der Waals surface area contributed by atoms with Crippen LogP contribution in [0.1, 0.15) is 25.0 Å². The molecule has 0 atom stereocenters. The Labute approximate surface area is 155 Å². The number of benzene rings is 2. The fraction of sp³-hybridized carbons (Fsp3) is 0.150. The van der Waals surface area contributed by atoms with Crippen LogP contribution in [0.4, 0.5) is 20.4 Å². The Morgan fingerprint density at radius 1 is 1.11 bits per heavy atom. The number of nitrogens with one attached hydrogen (secondary N) is 1. The predicted octanol–water partition coefficient (Wildman–Crippen LogP) is 4.23. The third kappa shape index (κ3) is 4.07. The highest BCUT2D eigenvalue weighted by molar-refractivity contribution is 5.68. The van der Waals surface area contributed by atoms with E-state index in [0.29, 0.717) is 11.3 Å². The lowest BCUT2D eigenvalue weighted by molar-refractivity contribution is 0.554. The molecule has 5 nitrogen and oxygen atoms in total. The summed E-state index contributed by atoms with van der Waals surface area (Å²) in [4.78, 5) is 8.35. The molecule has 1 heterocycles. The van der Waals surface area contributed by atoms with Gasteiger partial charge in [0, 0.05) is 17.2 Å². The van der Waals surface area contributed by atoms with Crippen molar-refractivity contribution in [1.82, 2.24) is 9.97 Å². The molecule has 7 heteroatoms. The fourth-order valence-corrected chi connectivity index (χ4v) is 2.51. The van der Waals surface area contributed by atoms with E-state index in [2.05, 4.69) is 15.3 Å². The summed E-state index contributed by atoms with van der Waals surface area (Å²) in [6, 6.07) is 12.6. The average molecular weight is 365 g/mol. The van der Waals surface area contributed by atoms with Crippen LogP contribution in [0.25, 0.3) is 11.3 Å². The van der Waals surface area contributed by atoms with E-state index in [4.69, 9.17) is 5.73 Å². The Bertz CT molecular complexity index is 1020. The standard InChI is InChI=1S/C20H17F2N5/c1-20(2,24)14-5-3-12(4-6-14)18-13(10-23)11-25-19(27-18)26-17-8-7-15(21)9-16(17)22/h3-9,11H,24H2,1-2H3,(H,25,26,27). The molecule has 0 spiro atoms. The van der Waals surface area contributed by atoms with Gasteiger partial charge in [0.15, 0.2) is 0 Å². The SMILES string of the molecule is CC(C)(N)c1ccc(-c2nc(Nc3ccc(F)cc3F)ncc2C#N)cc1. The highest BCUT2D eigenvalue weighted by atomic mass is 19.1. The molecule has 2 aromatic carbocycles. The van der Waals surface area contributed by atoms with Crippen LogP contribution in [0.5, 0.6) is 0 Å². The summed E-state index contributed by atoms with van der Waals surface area (Å²) in [5.74, 6) is -1.35. The average Bonchev–Trinajstić information content (AvgIpc) is 2.63. The number of nitriles is 1. The highest BCUT2D eigenvalue weighted by Gasteiger charge is 2.15. The molecule has 0 aliphatic rings. The maximum absolute atomic E-state index is 13.8. The number of rotatable bonds is 4. The zero-order chi connectivity index (χ0) is 19.6. The minimum absolute atomic E-state index is 0.0345. The minimum atomic E-state index is -0.765. The van der Waals surface area contributed by atoms with Crippen molar-refractivity contribution < 1.29 is 8.78 Å². The third-order valence-corrected chi connectivity index (χ3v) is 3.99. The third-order valence-electron chi connectivity index (χ3n) is 3.99. The van der Waals surface area contributed by atoms with Crippen molar-refractivity contribution in [2.75, 3.05) is 5.32 Å². The first-order valence-corrected chi connectivity index (χ1v) is 8.17. The van der Waals surface area contributed by atoms with Crippen LogP contribution in [-0.4, -0.2) is 9.97 Å². The first kappa shape index (κ1) is 18.4. The van der Waals surface area contributed by atoms with E-state index in [9.17, 15) is 14.0 Å². The second-order valence-corrected chi connectivity index (χ2v) is 6.62. The molecule has 3 aromatic rings. The number of hydrogen-bond donors (Lipinski definition) is 2. The van der Waals surface area contributed by atoms with Crippen LogP contribution in [0.3, 0.4) is 0 Å². The van der Waals surface area contributed by atoms with Crippen molar-refractivity contribution in [1.29, 1.82) is 5.26 Å². The molecular weight excluding hydrogens is 348 g/mol. The molecule has 3 N–H and O–H groups in total. The number of anilines is 2. The van der Waals surface area contributed by atoms with Crippen LogP contribution in [0.2, 0.25) is 0 Å². The summed E-state index contributed by atoms with van der Waals surface area (Å²) >= 11 is 0. The molecule has 0 bridgehead atoms. The summed E-state index contributed by atoms with van der Waals surface area (Å²) in [6.07, 6.45) is 1.35. The summed E-state index contributed by atoms with van der Waals surface area (Å²) in [7, 11) is 0. The maximum Gasteiger partial charge on any atom is 0.227 e. The van der Waals surface area contributed by atoms with Crippen LogP contribution in [-0.2, 0) is 5.54 Å². The van der Waals surface area contributed by atoms with Crippen molar-refractivity contribution in [3.05, 3.63) is 71.4 Å². The molecule has 136 valence electrons. The lowest BCUT2D eigenvalue weighted by atomic mass is 9.94. The van der Waals surface area contributed by atoms with E-state index in [1.54, 1.807) is 0 Å². The Kier molecular flexibility index (Phi) is 4.84. The monoisotopic (exact) mass is 365 g/mol. The summed E-state index contributed by atoms with van der Waals surface area (Å²) in [5, 5.41) is 12.1. The summed E-state index contributed by atoms with van der Waals surface area (Å²) in [5.41, 5.74) is 7.94. The Balaban J connectivity index is 1.98. The van der Waals surface area contributed by atoms with Gasteiger partial charge in [0.1, 0.15) is 17.7 Å². The predicted molar refractivity (Wildman–Crippen MR) is 99.0 cm³/mol. The molecule has 0 fully saturated rings. The van der Waals surface area contributed by atoms with Gasteiger partial charge in [0.2, 0.25) is 5.95 Å². The second kappa shape index (κ2) is 7.09. The number of nitrogens with two attached hydrogens (primary N) is 1. The van der Waals surface area contributed by atoms with Gasteiger partial charge in [-0.1, -0.05) is 24.3 Å². The summed E-state index contributed by atoms with van der Waals surface area (Å²) < 4.78 is 26.9. The number of nitrogens with zero attached hydrogens (tertiary/aromatic N) is 3. The second-order valence-electron chi connectivity index (χ2n) is 6.62. The van der Waals surface area contributed by atoms with E-state index in [0.717, 1.165) is 17.7 Å². The Hall–Kier alpha value is -3.37. The van der Waals surface area contributed by atoms with Crippen LogP contribution >= 0.6 is 0 Å². The first-order valence-electron chi connectivity index (χ1n) is 8.17. The molecular formula is C20H17F2N5. The van der Waals surface area contributed by atoms with Gasteiger partial charge >= 0.3 is 0 Å². The van der Waals surface area contributed by atoms with Gasteiger partial charge in [-0.2, -0.15) is 5.26 Å². The van der Waals surface area contributed by atoms with Gasteiger partial charge < -0.3 is 11.1 Å². The van der Waals surface area contributed by atoms with Gasteiger partial charge in [-0.15, -0.1) is 0 Å². The maximum atomic E-state index is 13.8. The van der Waals surface area contributed by atoms with E-state index in [1.807, 2.05) is 44.2 Å². The van der Waals surface area contributed by atoms with E-state index in [1.165, 1.54) is 12.3 Å². The van der Waals surface area contributed by atoms with Crippen molar-refractivity contribution in [3.63, 3.8) is 0 Å². The van der Waals surface area contributed by atoms with Gasteiger partial charge in [-0.25, -0.2) is 18.7 Å². The zero-order valence-electron chi connectivity index (χ0n) is 14.8. The van der Waals surface area contributed by atoms with Crippen molar-refractivity contribution in [2.24, 2.45) is 5.73 Å². The molecule has 0 amide bonds. The quantitative estimate of drug-likeness (QED) is 0.722. The lowest BCUT2D eigenvalue weighted by Gasteiger charge is -2.19. The van der Waals surface area contributed by atoms with Gasteiger partial charge in [0.25, 0.3) is 0 Å². The smallest absolute Gasteiger partial charge is 0.227 e.